The first-order valence-corrected chi connectivity index (χ1v) is 9.98. The van der Waals surface area contributed by atoms with E-state index in [1.165, 1.54) is 18.2 Å². The van der Waals surface area contributed by atoms with Crippen molar-refractivity contribution >= 4 is 5.91 Å². The topological polar surface area (TPSA) is 68.2 Å². The molecule has 2 aromatic heterocycles. The number of hydrogen-bond donors (Lipinski definition) is 0. The monoisotopic (exact) mass is 406 g/mol. The number of piperidine rings is 1. The van der Waals surface area contributed by atoms with Crippen LogP contribution in [-0.2, 0) is 0 Å². The van der Waals surface area contributed by atoms with E-state index in [4.69, 9.17) is 4.74 Å². The first-order valence-electron chi connectivity index (χ1n) is 9.98. The Kier molecular flexibility index (Phi) is 5.70. The molecule has 4 rings (SSSR count). The number of amides is 1. The maximum Gasteiger partial charge on any atom is 0.254 e. The average Bonchev–Trinajstić information content (AvgIpc) is 2.75. The van der Waals surface area contributed by atoms with Gasteiger partial charge in [0.05, 0.1) is 12.1 Å². The smallest absolute Gasteiger partial charge is 0.254 e. The van der Waals surface area contributed by atoms with Gasteiger partial charge in [-0.3, -0.25) is 4.79 Å². The van der Waals surface area contributed by atoms with Gasteiger partial charge in [0.1, 0.15) is 11.9 Å². The molecule has 0 saturated carbocycles. The number of halogens is 1. The molecule has 1 aromatic carbocycles. The van der Waals surface area contributed by atoms with Crippen LogP contribution >= 0.6 is 0 Å². The Labute approximate surface area is 174 Å². The molecule has 0 spiro atoms. The van der Waals surface area contributed by atoms with Crippen molar-refractivity contribution in [3.63, 3.8) is 0 Å². The summed E-state index contributed by atoms with van der Waals surface area (Å²) in [6.07, 6.45) is 6.34. The number of aryl methyl sites for hydroxylation is 1. The fourth-order valence-electron chi connectivity index (χ4n) is 3.68. The summed E-state index contributed by atoms with van der Waals surface area (Å²) in [5.74, 6) is 0.256. The van der Waals surface area contributed by atoms with Gasteiger partial charge < -0.3 is 9.64 Å². The molecule has 154 valence electrons. The first kappa shape index (κ1) is 19.9. The van der Waals surface area contributed by atoms with Gasteiger partial charge in [-0.25, -0.2) is 19.3 Å². The Hall–Kier alpha value is -3.35. The molecule has 7 heteroatoms. The van der Waals surface area contributed by atoms with E-state index in [1.807, 2.05) is 26.0 Å². The highest BCUT2D eigenvalue weighted by molar-refractivity contribution is 6.00. The second-order valence-electron chi connectivity index (χ2n) is 7.56. The minimum Gasteiger partial charge on any atom is -0.472 e. The van der Waals surface area contributed by atoms with E-state index in [-0.39, 0.29) is 18.1 Å². The zero-order valence-corrected chi connectivity index (χ0v) is 17.0. The fraction of sp³-hybridized carbons (Fsp3) is 0.304. The van der Waals surface area contributed by atoms with E-state index >= 15 is 0 Å². The number of pyridine rings is 1. The van der Waals surface area contributed by atoms with Gasteiger partial charge in [0.25, 0.3) is 5.91 Å². The number of nitrogens with zero attached hydrogens (tertiary/aromatic N) is 4. The summed E-state index contributed by atoms with van der Waals surface area (Å²) >= 11 is 0. The standard InChI is InChI=1S/C23H23FN4O2/c1-15-8-11-25-21(12-15)30-18-6-4-16(2)28(14-18)23(29)19-7-5-17(24)13-20(19)22-26-9-3-10-27-22/h3,5,7-13,16,18H,4,6,14H2,1-2H3/t16-,18-/m1/s1. The van der Waals surface area contributed by atoms with Crippen LogP contribution in [0.25, 0.3) is 11.4 Å². The minimum atomic E-state index is -0.438. The van der Waals surface area contributed by atoms with E-state index < -0.39 is 5.82 Å². The third-order valence-electron chi connectivity index (χ3n) is 5.30. The van der Waals surface area contributed by atoms with Gasteiger partial charge >= 0.3 is 0 Å². The van der Waals surface area contributed by atoms with Crippen molar-refractivity contribution in [2.45, 2.75) is 38.8 Å². The number of hydrogen-bond acceptors (Lipinski definition) is 5. The molecule has 6 nitrogen and oxygen atoms in total. The summed E-state index contributed by atoms with van der Waals surface area (Å²) in [7, 11) is 0. The van der Waals surface area contributed by atoms with Crippen LogP contribution in [0.5, 0.6) is 5.88 Å². The van der Waals surface area contributed by atoms with E-state index in [0.29, 0.717) is 29.4 Å². The highest BCUT2D eigenvalue weighted by Crippen LogP contribution is 2.27. The van der Waals surface area contributed by atoms with E-state index in [1.54, 1.807) is 29.6 Å². The van der Waals surface area contributed by atoms with E-state index in [9.17, 15) is 9.18 Å². The maximum absolute atomic E-state index is 13.9. The molecular formula is C23H23FN4O2. The maximum atomic E-state index is 13.9. The molecule has 1 saturated heterocycles. The third kappa shape index (κ3) is 4.30. The molecular weight excluding hydrogens is 383 g/mol. The van der Waals surface area contributed by atoms with Crippen molar-refractivity contribution in [1.82, 2.24) is 19.9 Å². The minimum absolute atomic E-state index is 0.0393. The Morgan fingerprint density at radius 2 is 1.90 bits per heavy atom. The molecule has 3 aromatic rings. The zero-order valence-electron chi connectivity index (χ0n) is 17.0. The molecule has 2 atom stereocenters. The van der Waals surface area contributed by atoms with Crippen molar-refractivity contribution in [3.05, 3.63) is 71.9 Å². The number of benzene rings is 1. The second-order valence-corrected chi connectivity index (χ2v) is 7.56. The molecule has 1 amide bonds. The average molecular weight is 406 g/mol. The van der Waals surface area contributed by atoms with Crippen LogP contribution in [0.4, 0.5) is 4.39 Å². The van der Waals surface area contributed by atoms with E-state index in [2.05, 4.69) is 15.0 Å². The number of carbonyl (C=O) groups is 1. The lowest BCUT2D eigenvalue weighted by Crippen LogP contribution is -2.49. The molecule has 0 bridgehead atoms. The Bertz CT molecular complexity index is 1040. The van der Waals surface area contributed by atoms with Gasteiger partial charge in [-0.2, -0.15) is 0 Å². The first-order chi connectivity index (χ1) is 14.5. The predicted octanol–water partition coefficient (Wildman–Crippen LogP) is 4.06. The molecule has 0 N–H and O–H groups in total. The van der Waals surface area contributed by atoms with Crippen molar-refractivity contribution in [1.29, 1.82) is 0 Å². The van der Waals surface area contributed by atoms with Crippen LogP contribution < -0.4 is 4.74 Å². The number of likely N-dealkylation sites (tertiary alicyclic amines) is 1. The van der Waals surface area contributed by atoms with Crippen molar-refractivity contribution in [2.75, 3.05) is 6.54 Å². The fourth-order valence-corrected chi connectivity index (χ4v) is 3.68. The SMILES string of the molecule is Cc1ccnc(O[C@@H]2CC[C@@H](C)N(C(=O)c3ccc(F)cc3-c3ncccn3)C2)c1. The lowest BCUT2D eigenvalue weighted by molar-refractivity contribution is 0.0373. The summed E-state index contributed by atoms with van der Waals surface area (Å²) in [4.78, 5) is 27.9. The van der Waals surface area contributed by atoms with Gasteiger partial charge in [0.2, 0.25) is 5.88 Å². The van der Waals surface area contributed by atoms with Crippen LogP contribution in [-0.4, -0.2) is 44.4 Å². The van der Waals surface area contributed by atoms with Crippen molar-refractivity contribution in [2.24, 2.45) is 0 Å². The summed E-state index contributed by atoms with van der Waals surface area (Å²) in [5.41, 5.74) is 1.83. The Morgan fingerprint density at radius 3 is 2.67 bits per heavy atom. The van der Waals surface area contributed by atoms with Crippen LogP contribution in [0.2, 0.25) is 0 Å². The van der Waals surface area contributed by atoms with Gasteiger partial charge in [0, 0.05) is 36.3 Å². The van der Waals surface area contributed by atoms with E-state index in [0.717, 1.165) is 18.4 Å². The molecule has 1 aliphatic heterocycles. The summed E-state index contributed by atoms with van der Waals surface area (Å²) in [5, 5.41) is 0. The lowest BCUT2D eigenvalue weighted by atomic mass is 9.98. The van der Waals surface area contributed by atoms with Crippen LogP contribution in [0.1, 0.15) is 35.7 Å². The zero-order chi connectivity index (χ0) is 21.1. The second kappa shape index (κ2) is 8.57. The van der Waals surface area contributed by atoms with Gasteiger partial charge in [-0.15, -0.1) is 0 Å². The summed E-state index contributed by atoms with van der Waals surface area (Å²) < 4.78 is 20.0. The highest BCUT2D eigenvalue weighted by atomic mass is 19.1. The van der Waals surface area contributed by atoms with Crippen LogP contribution in [0, 0.1) is 12.7 Å². The van der Waals surface area contributed by atoms with Gasteiger partial charge in [0.15, 0.2) is 5.82 Å². The molecule has 1 aliphatic rings. The number of carbonyl (C=O) groups excluding carboxylic acids is 1. The molecule has 0 aliphatic carbocycles. The predicted molar refractivity (Wildman–Crippen MR) is 111 cm³/mol. The number of rotatable bonds is 4. The number of ether oxygens (including phenoxy) is 1. The molecule has 3 heterocycles. The molecule has 0 radical (unpaired) electrons. The summed E-state index contributed by atoms with van der Waals surface area (Å²) in [6.45, 7) is 4.43. The molecule has 0 unspecified atom stereocenters. The molecule has 30 heavy (non-hydrogen) atoms. The molecule has 1 fully saturated rings. The Morgan fingerprint density at radius 1 is 1.10 bits per heavy atom. The largest absolute Gasteiger partial charge is 0.472 e. The summed E-state index contributed by atoms with van der Waals surface area (Å²) in [6, 6.07) is 9.61. The quantitative estimate of drug-likeness (QED) is 0.654. The van der Waals surface area contributed by atoms with Crippen LogP contribution in [0.3, 0.4) is 0 Å². The van der Waals surface area contributed by atoms with Gasteiger partial charge in [-0.05, 0) is 62.6 Å². The van der Waals surface area contributed by atoms with Crippen molar-refractivity contribution in [3.8, 4) is 17.3 Å². The van der Waals surface area contributed by atoms with Crippen LogP contribution in [0.15, 0.2) is 55.0 Å². The van der Waals surface area contributed by atoms with Crippen molar-refractivity contribution < 1.29 is 13.9 Å². The number of aromatic nitrogens is 3. The highest BCUT2D eigenvalue weighted by Gasteiger charge is 2.32. The Balaban J connectivity index is 1.59. The third-order valence-corrected chi connectivity index (χ3v) is 5.30. The normalized spacial score (nSPS) is 18.8. The lowest BCUT2D eigenvalue weighted by Gasteiger charge is -2.38. The van der Waals surface area contributed by atoms with Gasteiger partial charge in [-0.1, -0.05) is 0 Å².